The molecule has 0 fully saturated rings. The molecule has 3 rings (SSSR count). The minimum atomic E-state index is -1.56. The van der Waals surface area contributed by atoms with Crippen LogP contribution in [0.2, 0.25) is 0 Å². The molecule has 0 aliphatic carbocycles. The first-order valence-electron chi connectivity index (χ1n) is 8.62. The lowest BCUT2D eigenvalue weighted by Crippen LogP contribution is -2.06. The molecule has 3 aromatic rings. The molecule has 5 nitrogen and oxygen atoms in total. The minimum absolute atomic E-state index is 0.0483. The molecule has 0 saturated heterocycles. The normalized spacial score (nSPS) is 10.8. The summed E-state index contributed by atoms with van der Waals surface area (Å²) in [6.45, 7) is 5.62. The van der Waals surface area contributed by atoms with Gasteiger partial charge in [0.2, 0.25) is 5.95 Å². The van der Waals surface area contributed by atoms with Crippen LogP contribution in [0.15, 0.2) is 42.5 Å². The Bertz CT molecular complexity index is 978. The van der Waals surface area contributed by atoms with Gasteiger partial charge in [0.15, 0.2) is 17.5 Å². The van der Waals surface area contributed by atoms with E-state index in [0.29, 0.717) is 11.5 Å². The molecule has 0 atom stereocenters. The van der Waals surface area contributed by atoms with E-state index in [4.69, 9.17) is 4.74 Å². The zero-order valence-electron chi connectivity index (χ0n) is 15.6. The van der Waals surface area contributed by atoms with Gasteiger partial charge in [0, 0.05) is 17.4 Å². The highest BCUT2D eigenvalue weighted by Crippen LogP contribution is 2.24. The molecule has 8 heteroatoms. The Morgan fingerprint density at radius 3 is 2.29 bits per heavy atom. The van der Waals surface area contributed by atoms with Crippen LogP contribution in [-0.4, -0.2) is 16.1 Å². The van der Waals surface area contributed by atoms with Crippen molar-refractivity contribution in [2.45, 2.75) is 26.9 Å². The van der Waals surface area contributed by atoms with Crippen molar-refractivity contribution in [1.29, 1.82) is 0 Å². The van der Waals surface area contributed by atoms with Gasteiger partial charge in [-0.2, -0.15) is 4.98 Å². The Labute approximate surface area is 160 Å². The number of ether oxygens (including phenoxy) is 1. The van der Waals surface area contributed by atoms with Crippen LogP contribution in [0.25, 0.3) is 0 Å². The number of hydrogen-bond acceptors (Lipinski definition) is 5. The molecule has 0 unspecified atom stereocenters. The molecule has 1 aromatic heterocycles. The topological polar surface area (TPSA) is 59.1 Å². The summed E-state index contributed by atoms with van der Waals surface area (Å²) < 4.78 is 45.9. The van der Waals surface area contributed by atoms with Crippen LogP contribution in [0.4, 0.5) is 36.3 Å². The van der Waals surface area contributed by atoms with Crippen molar-refractivity contribution in [3.8, 4) is 5.75 Å². The van der Waals surface area contributed by atoms with Crippen LogP contribution in [0.5, 0.6) is 5.75 Å². The van der Waals surface area contributed by atoms with Crippen LogP contribution in [0.1, 0.15) is 19.5 Å². The van der Waals surface area contributed by atoms with Gasteiger partial charge in [-0.15, -0.1) is 0 Å². The summed E-state index contributed by atoms with van der Waals surface area (Å²) in [4.78, 5) is 8.39. The van der Waals surface area contributed by atoms with Gasteiger partial charge in [-0.3, -0.25) is 0 Å². The van der Waals surface area contributed by atoms with E-state index in [-0.39, 0.29) is 17.7 Å². The predicted molar refractivity (Wildman–Crippen MR) is 102 cm³/mol. The number of hydrogen-bond donors (Lipinski definition) is 2. The summed E-state index contributed by atoms with van der Waals surface area (Å²) in [5.74, 6) is -2.90. The van der Waals surface area contributed by atoms with E-state index in [1.165, 1.54) is 0 Å². The molecule has 0 radical (unpaired) electrons. The Balaban J connectivity index is 1.79. The molecular formula is C20H19F3N4O. The van der Waals surface area contributed by atoms with Crippen molar-refractivity contribution in [3.05, 3.63) is 65.6 Å². The van der Waals surface area contributed by atoms with E-state index < -0.39 is 17.5 Å². The van der Waals surface area contributed by atoms with Gasteiger partial charge >= 0.3 is 0 Å². The quantitative estimate of drug-likeness (QED) is 0.548. The van der Waals surface area contributed by atoms with Crippen LogP contribution in [0.3, 0.4) is 0 Å². The van der Waals surface area contributed by atoms with Crippen molar-refractivity contribution < 1.29 is 17.9 Å². The highest BCUT2D eigenvalue weighted by atomic mass is 19.2. The highest BCUT2D eigenvalue weighted by molar-refractivity contribution is 5.61. The fourth-order valence-electron chi connectivity index (χ4n) is 2.47. The summed E-state index contributed by atoms with van der Waals surface area (Å²) in [7, 11) is 0. The van der Waals surface area contributed by atoms with Crippen LogP contribution in [0, 0.1) is 24.4 Å². The average molecular weight is 388 g/mol. The van der Waals surface area contributed by atoms with Gasteiger partial charge < -0.3 is 15.4 Å². The van der Waals surface area contributed by atoms with Crippen LogP contribution in [-0.2, 0) is 0 Å². The number of halogens is 3. The number of nitrogens with zero attached hydrogens (tertiary/aromatic N) is 2. The smallest absolute Gasteiger partial charge is 0.229 e. The molecular weight excluding hydrogens is 369 g/mol. The zero-order valence-corrected chi connectivity index (χ0v) is 15.6. The van der Waals surface area contributed by atoms with Crippen molar-refractivity contribution in [3.63, 3.8) is 0 Å². The first-order valence-corrected chi connectivity index (χ1v) is 8.62. The third kappa shape index (κ3) is 4.70. The van der Waals surface area contributed by atoms with Gasteiger partial charge in [0.1, 0.15) is 11.6 Å². The number of rotatable bonds is 6. The second kappa shape index (κ2) is 8.16. The van der Waals surface area contributed by atoms with Crippen LogP contribution >= 0.6 is 0 Å². The van der Waals surface area contributed by atoms with E-state index >= 15 is 0 Å². The van der Waals surface area contributed by atoms with Gasteiger partial charge in [-0.05, 0) is 57.2 Å². The molecule has 0 spiro atoms. The average Bonchev–Trinajstić information content (AvgIpc) is 2.63. The van der Waals surface area contributed by atoms with E-state index in [0.717, 1.165) is 23.6 Å². The molecule has 146 valence electrons. The van der Waals surface area contributed by atoms with Gasteiger partial charge in [0.05, 0.1) is 11.8 Å². The van der Waals surface area contributed by atoms with E-state index in [1.54, 1.807) is 13.0 Å². The standard InChI is InChI=1S/C20H19F3N4O/c1-11(2)28-14-6-4-13(5-7-14)25-17-10-12(3)24-20(27-17)26-16-9-8-15(21)18(22)19(16)23/h4-11H,1-3H3,(H2,24,25,26,27). The molecule has 2 N–H and O–H groups in total. The maximum atomic E-state index is 13.9. The predicted octanol–water partition coefficient (Wildman–Crippen LogP) is 5.48. The first kappa shape index (κ1) is 19.5. The Morgan fingerprint density at radius 2 is 1.61 bits per heavy atom. The summed E-state index contributed by atoms with van der Waals surface area (Å²) in [5, 5.41) is 5.69. The fraction of sp³-hybridized carbons (Fsp3) is 0.200. The second-order valence-corrected chi connectivity index (χ2v) is 6.38. The summed E-state index contributed by atoms with van der Waals surface area (Å²) >= 11 is 0. The molecule has 0 aliphatic heterocycles. The van der Waals surface area contributed by atoms with Gasteiger partial charge in [0.25, 0.3) is 0 Å². The van der Waals surface area contributed by atoms with Crippen LogP contribution < -0.4 is 15.4 Å². The summed E-state index contributed by atoms with van der Waals surface area (Å²) in [6.07, 6.45) is 0.0775. The molecule has 1 heterocycles. The lowest BCUT2D eigenvalue weighted by molar-refractivity contribution is 0.242. The van der Waals surface area contributed by atoms with Crippen molar-refractivity contribution in [2.24, 2.45) is 0 Å². The number of anilines is 4. The van der Waals surface area contributed by atoms with E-state index in [1.807, 2.05) is 38.1 Å². The largest absolute Gasteiger partial charge is 0.491 e. The molecule has 0 saturated carbocycles. The molecule has 0 amide bonds. The van der Waals surface area contributed by atoms with E-state index in [9.17, 15) is 13.2 Å². The molecule has 2 aromatic carbocycles. The second-order valence-electron chi connectivity index (χ2n) is 6.38. The maximum absolute atomic E-state index is 13.9. The molecule has 0 aliphatic rings. The Hall–Kier alpha value is -3.29. The molecule has 28 heavy (non-hydrogen) atoms. The monoisotopic (exact) mass is 388 g/mol. The van der Waals surface area contributed by atoms with Gasteiger partial charge in [-0.1, -0.05) is 0 Å². The first-order chi connectivity index (χ1) is 13.3. The number of benzene rings is 2. The highest BCUT2D eigenvalue weighted by Gasteiger charge is 2.14. The number of nitrogens with one attached hydrogen (secondary N) is 2. The third-order valence-electron chi connectivity index (χ3n) is 3.63. The van der Waals surface area contributed by atoms with E-state index in [2.05, 4.69) is 20.6 Å². The van der Waals surface area contributed by atoms with Crippen molar-refractivity contribution in [1.82, 2.24) is 9.97 Å². The number of aryl methyl sites for hydroxylation is 1. The third-order valence-corrected chi connectivity index (χ3v) is 3.63. The zero-order chi connectivity index (χ0) is 20.3. The number of aromatic nitrogens is 2. The van der Waals surface area contributed by atoms with Crippen molar-refractivity contribution in [2.75, 3.05) is 10.6 Å². The Morgan fingerprint density at radius 1 is 0.893 bits per heavy atom. The maximum Gasteiger partial charge on any atom is 0.229 e. The SMILES string of the molecule is Cc1cc(Nc2ccc(OC(C)C)cc2)nc(Nc2ccc(F)c(F)c2F)n1. The minimum Gasteiger partial charge on any atom is -0.491 e. The summed E-state index contributed by atoms with van der Waals surface area (Å²) in [6, 6.07) is 10.9. The van der Waals surface area contributed by atoms with Gasteiger partial charge in [-0.25, -0.2) is 18.2 Å². The lowest BCUT2D eigenvalue weighted by Gasteiger charge is -2.12. The fourth-order valence-corrected chi connectivity index (χ4v) is 2.47. The molecule has 0 bridgehead atoms. The Kier molecular flexibility index (Phi) is 5.67. The summed E-state index contributed by atoms with van der Waals surface area (Å²) in [5.41, 5.74) is 1.10. The lowest BCUT2D eigenvalue weighted by atomic mass is 10.3. The van der Waals surface area contributed by atoms with Crippen molar-refractivity contribution >= 4 is 23.1 Å².